The molecular formula is C25H33N3O4. The number of benzene rings is 2. The van der Waals surface area contributed by atoms with Gasteiger partial charge in [0.25, 0.3) is 11.8 Å². The Bertz CT molecular complexity index is 934. The van der Waals surface area contributed by atoms with Gasteiger partial charge in [-0.3, -0.25) is 14.5 Å². The first-order valence-corrected chi connectivity index (χ1v) is 10.9. The van der Waals surface area contributed by atoms with E-state index in [1.54, 1.807) is 49.4 Å². The zero-order chi connectivity index (χ0) is 23.3. The molecule has 2 aromatic rings. The zero-order valence-electron chi connectivity index (χ0n) is 19.5. The molecule has 1 aliphatic rings. The van der Waals surface area contributed by atoms with Crippen molar-refractivity contribution in [1.29, 1.82) is 0 Å². The van der Waals surface area contributed by atoms with Crippen molar-refractivity contribution in [3.05, 3.63) is 59.7 Å². The third-order valence-corrected chi connectivity index (χ3v) is 6.05. The Morgan fingerprint density at radius 2 is 1.81 bits per heavy atom. The van der Waals surface area contributed by atoms with E-state index in [1.807, 2.05) is 18.2 Å². The van der Waals surface area contributed by atoms with E-state index in [0.717, 1.165) is 6.54 Å². The number of hydrogen-bond acceptors (Lipinski definition) is 5. The molecule has 0 bridgehead atoms. The van der Waals surface area contributed by atoms with Gasteiger partial charge in [-0.05, 0) is 44.2 Å². The van der Waals surface area contributed by atoms with E-state index >= 15 is 0 Å². The topological polar surface area (TPSA) is 71.1 Å². The Morgan fingerprint density at radius 3 is 2.50 bits per heavy atom. The smallest absolute Gasteiger partial charge is 0.257 e. The van der Waals surface area contributed by atoms with Crippen molar-refractivity contribution in [3.63, 3.8) is 0 Å². The summed E-state index contributed by atoms with van der Waals surface area (Å²) in [5.41, 5.74) is 1.60. The molecule has 32 heavy (non-hydrogen) atoms. The van der Waals surface area contributed by atoms with Gasteiger partial charge in [0, 0.05) is 50.6 Å². The van der Waals surface area contributed by atoms with Crippen molar-refractivity contribution in [2.24, 2.45) is 5.92 Å². The number of nitrogens with one attached hydrogen (secondary N) is 1. The molecule has 1 heterocycles. The molecule has 0 unspecified atom stereocenters. The normalized spacial score (nSPS) is 22.8. The van der Waals surface area contributed by atoms with Gasteiger partial charge < -0.3 is 19.7 Å². The molecule has 0 aromatic heterocycles. The Balaban J connectivity index is 1.89. The minimum atomic E-state index is -0.216. The summed E-state index contributed by atoms with van der Waals surface area (Å²) in [7, 11) is 5.52. The molecule has 0 saturated heterocycles. The van der Waals surface area contributed by atoms with E-state index in [4.69, 9.17) is 9.47 Å². The molecule has 0 saturated carbocycles. The maximum absolute atomic E-state index is 13.2. The van der Waals surface area contributed by atoms with Crippen molar-refractivity contribution < 1.29 is 19.1 Å². The molecule has 2 amide bonds. The lowest BCUT2D eigenvalue weighted by molar-refractivity contribution is 0.0150. The molecule has 3 rings (SSSR count). The molecule has 2 aromatic carbocycles. The summed E-state index contributed by atoms with van der Waals surface area (Å²) < 4.78 is 11.8. The summed E-state index contributed by atoms with van der Waals surface area (Å²) in [5.74, 6) is 0.344. The predicted molar refractivity (Wildman–Crippen MR) is 125 cm³/mol. The number of methoxy groups -OCH3 is 1. The molecule has 1 N–H and O–H groups in total. The lowest BCUT2D eigenvalue weighted by Crippen LogP contribution is -2.45. The quantitative estimate of drug-likeness (QED) is 0.794. The maximum atomic E-state index is 13.2. The number of carbonyl (C=O) groups excluding carboxylic acids is 2. The number of likely N-dealkylation sites (N-methyl/N-ethyl adjacent to an activating group) is 2. The highest BCUT2D eigenvalue weighted by Gasteiger charge is 2.27. The van der Waals surface area contributed by atoms with Crippen LogP contribution in [-0.4, -0.2) is 74.7 Å². The van der Waals surface area contributed by atoms with Gasteiger partial charge in [-0.15, -0.1) is 0 Å². The van der Waals surface area contributed by atoms with Crippen LogP contribution in [-0.2, 0) is 4.74 Å². The second-order valence-corrected chi connectivity index (χ2v) is 8.57. The second-order valence-electron chi connectivity index (χ2n) is 8.57. The fourth-order valence-electron chi connectivity index (χ4n) is 3.82. The highest BCUT2D eigenvalue weighted by molar-refractivity contribution is 6.05. The van der Waals surface area contributed by atoms with E-state index in [9.17, 15) is 9.59 Å². The highest BCUT2D eigenvalue weighted by atomic mass is 16.5. The summed E-state index contributed by atoms with van der Waals surface area (Å²) in [6.07, 6.45) is -0.0770. The van der Waals surface area contributed by atoms with Gasteiger partial charge in [-0.1, -0.05) is 25.1 Å². The van der Waals surface area contributed by atoms with Gasteiger partial charge in [-0.2, -0.15) is 0 Å². The van der Waals surface area contributed by atoms with Gasteiger partial charge in [0.2, 0.25) is 0 Å². The lowest BCUT2D eigenvalue weighted by atomic mass is 10.0. The maximum Gasteiger partial charge on any atom is 0.257 e. The predicted octanol–water partition coefficient (Wildman–Crippen LogP) is 3.37. The Morgan fingerprint density at radius 1 is 1.09 bits per heavy atom. The van der Waals surface area contributed by atoms with Crippen LogP contribution in [0.2, 0.25) is 0 Å². The van der Waals surface area contributed by atoms with Gasteiger partial charge in [-0.25, -0.2) is 0 Å². The van der Waals surface area contributed by atoms with E-state index < -0.39 is 0 Å². The van der Waals surface area contributed by atoms with Crippen molar-refractivity contribution >= 4 is 17.5 Å². The average Bonchev–Trinajstić information content (AvgIpc) is 2.80. The molecule has 0 fully saturated rings. The number of carbonyl (C=O) groups is 2. The average molecular weight is 440 g/mol. The third kappa shape index (κ3) is 5.66. The molecule has 0 radical (unpaired) electrons. The summed E-state index contributed by atoms with van der Waals surface area (Å²) >= 11 is 0. The standard InChI is InChI=1S/C25H33N3O4/c1-17-14-27(3)18(2)16-32-22-13-20(26-24(29)19-9-7-6-8-10-19)11-12-21(22)25(30)28(4)15-23(17)31-5/h6-13,17-18,23H,14-16H2,1-5H3,(H,26,29)/t17-,18-,23+/m0/s1. The van der Waals surface area contributed by atoms with E-state index in [1.165, 1.54) is 0 Å². The summed E-state index contributed by atoms with van der Waals surface area (Å²) in [4.78, 5) is 29.7. The van der Waals surface area contributed by atoms with Crippen LogP contribution in [0.1, 0.15) is 34.6 Å². The molecular weight excluding hydrogens is 406 g/mol. The number of ether oxygens (including phenoxy) is 2. The van der Waals surface area contributed by atoms with Gasteiger partial charge in [0.15, 0.2) is 0 Å². The number of amides is 2. The lowest BCUT2D eigenvalue weighted by Gasteiger charge is -2.34. The highest BCUT2D eigenvalue weighted by Crippen LogP contribution is 2.27. The summed E-state index contributed by atoms with van der Waals surface area (Å²) in [6.45, 7) is 5.95. The first kappa shape index (κ1) is 23.8. The summed E-state index contributed by atoms with van der Waals surface area (Å²) in [5, 5.41) is 2.89. The number of anilines is 1. The number of fused-ring (bicyclic) bond motifs is 1. The molecule has 7 nitrogen and oxygen atoms in total. The first-order chi connectivity index (χ1) is 15.3. The zero-order valence-corrected chi connectivity index (χ0v) is 19.5. The van der Waals surface area contributed by atoms with Crippen LogP contribution in [0.15, 0.2) is 48.5 Å². The Kier molecular flexibility index (Phi) is 7.88. The third-order valence-electron chi connectivity index (χ3n) is 6.05. The molecule has 1 aliphatic heterocycles. The first-order valence-electron chi connectivity index (χ1n) is 10.9. The molecule has 172 valence electrons. The number of hydrogen-bond donors (Lipinski definition) is 1. The molecule has 0 aliphatic carbocycles. The fraction of sp³-hybridized carbons (Fsp3) is 0.440. The van der Waals surface area contributed by atoms with Crippen LogP contribution < -0.4 is 10.1 Å². The minimum Gasteiger partial charge on any atom is -0.491 e. The largest absolute Gasteiger partial charge is 0.491 e. The number of nitrogens with zero attached hydrogens (tertiary/aromatic N) is 2. The van der Waals surface area contributed by atoms with Crippen molar-refractivity contribution in [3.8, 4) is 5.75 Å². The fourth-order valence-corrected chi connectivity index (χ4v) is 3.82. The molecule has 7 heteroatoms. The van der Waals surface area contributed by atoms with Gasteiger partial charge >= 0.3 is 0 Å². The van der Waals surface area contributed by atoms with Gasteiger partial charge in [0.1, 0.15) is 12.4 Å². The van der Waals surface area contributed by atoms with Crippen molar-refractivity contribution in [2.75, 3.05) is 46.2 Å². The van der Waals surface area contributed by atoms with Crippen LogP contribution in [0.4, 0.5) is 5.69 Å². The Hall–Kier alpha value is -2.90. The monoisotopic (exact) mass is 439 g/mol. The Labute approximate surface area is 190 Å². The summed E-state index contributed by atoms with van der Waals surface area (Å²) in [6, 6.07) is 14.3. The van der Waals surface area contributed by atoms with E-state index in [2.05, 4.69) is 31.1 Å². The van der Waals surface area contributed by atoms with Crippen LogP contribution in [0, 0.1) is 5.92 Å². The van der Waals surface area contributed by atoms with Crippen LogP contribution >= 0.6 is 0 Å². The van der Waals surface area contributed by atoms with Crippen LogP contribution in [0.3, 0.4) is 0 Å². The van der Waals surface area contributed by atoms with E-state index in [-0.39, 0.29) is 29.9 Å². The van der Waals surface area contributed by atoms with Crippen LogP contribution in [0.5, 0.6) is 5.75 Å². The molecule has 3 atom stereocenters. The number of rotatable bonds is 3. The SMILES string of the molecule is CO[C@@H]1CN(C)C(=O)c2ccc(NC(=O)c3ccccc3)cc2OC[C@H](C)N(C)C[C@@H]1C. The van der Waals surface area contributed by atoms with Crippen molar-refractivity contribution in [1.82, 2.24) is 9.80 Å². The van der Waals surface area contributed by atoms with Crippen molar-refractivity contribution in [2.45, 2.75) is 26.0 Å². The van der Waals surface area contributed by atoms with Crippen LogP contribution in [0.25, 0.3) is 0 Å². The molecule has 0 spiro atoms. The van der Waals surface area contributed by atoms with Gasteiger partial charge in [0.05, 0.1) is 11.7 Å². The van der Waals surface area contributed by atoms with E-state index in [0.29, 0.717) is 35.7 Å². The minimum absolute atomic E-state index is 0.0770. The second kappa shape index (κ2) is 10.6.